The number of hydrogen-bond acceptors (Lipinski definition) is 3. The minimum absolute atomic E-state index is 0.119. The van der Waals surface area contributed by atoms with Crippen LogP contribution in [0.15, 0.2) is 23.6 Å². The van der Waals surface area contributed by atoms with E-state index in [2.05, 4.69) is 10.3 Å². The third-order valence-corrected chi connectivity index (χ3v) is 3.11. The lowest BCUT2D eigenvalue weighted by Crippen LogP contribution is -1.87. The van der Waals surface area contributed by atoms with Crippen molar-refractivity contribution in [1.82, 2.24) is 4.98 Å². The van der Waals surface area contributed by atoms with Gasteiger partial charge in [0.25, 0.3) is 0 Å². The molecule has 0 spiro atoms. The first-order valence-electron chi connectivity index (χ1n) is 4.29. The zero-order valence-corrected chi connectivity index (χ0v) is 9.49. The van der Waals surface area contributed by atoms with E-state index in [-0.39, 0.29) is 5.02 Å². The van der Waals surface area contributed by atoms with Gasteiger partial charge in [0.1, 0.15) is 16.6 Å². The molecule has 0 unspecified atom stereocenters. The van der Waals surface area contributed by atoms with E-state index < -0.39 is 5.82 Å². The summed E-state index contributed by atoms with van der Waals surface area (Å²) >= 11 is 7.18. The summed E-state index contributed by atoms with van der Waals surface area (Å²) in [6, 6.07) is 4.59. The predicted octanol–water partition coefficient (Wildman–Crippen LogP) is 3.64. The molecule has 2 rings (SSSR count). The van der Waals surface area contributed by atoms with Crippen LogP contribution in [0.3, 0.4) is 0 Å². The quantitative estimate of drug-likeness (QED) is 0.870. The third-order valence-electron chi connectivity index (χ3n) is 1.93. The summed E-state index contributed by atoms with van der Waals surface area (Å²) in [5.41, 5.74) is 0.827. The molecule has 0 aliphatic heterocycles. The van der Waals surface area contributed by atoms with Crippen molar-refractivity contribution >= 4 is 28.8 Å². The Morgan fingerprint density at radius 2 is 2.27 bits per heavy atom. The van der Waals surface area contributed by atoms with Crippen molar-refractivity contribution in [2.24, 2.45) is 0 Å². The number of nitrogens with one attached hydrogen (secondary N) is 1. The van der Waals surface area contributed by atoms with Gasteiger partial charge in [-0.05, 0) is 18.2 Å². The first-order valence-corrected chi connectivity index (χ1v) is 5.55. The molecule has 1 heterocycles. The molecule has 0 aliphatic rings. The first-order chi connectivity index (χ1) is 7.20. The van der Waals surface area contributed by atoms with E-state index in [1.807, 2.05) is 5.38 Å². The Morgan fingerprint density at radius 3 is 2.87 bits per heavy atom. The summed E-state index contributed by atoms with van der Waals surface area (Å²) in [5.74, 6) is 0.390. The highest BCUT2D eigenvalue weighted by Gasteiger charge is 2.06. The van der Waals surface area contributed by atoms with Gasteiger partial charge in [-0.1, -0.05) is 11.6 Å². The maximum atomic E-state index is 12.9. The fraction of sp³-hybridized carbons (Fsp3) is 0.100. The van der Waals surface area contributed by atoms with Gasteiger partial charge in [0, 0.05) is 18.0 Å². The van der Waals surface area contributed by atoms with Crippen LogP contribution in [0.5, 0.6) is 0 Å². The molecular formula is C10H8ClFN2S. The van der Waals surface area contributed by atoms with Gasteiger partial charge in [-0.25, -0.2) is 9.37 Å². The maximum absolute atomic E-state index is 12.9. The second-order valence-corrected chi connectivity index (χ2v) is 4.18. The molecule has 78 valence electrons. The van der Waals surface area contributed by atoms with E-state index in [9.17, 15) is 4.39 Å². The number of benzene rings is 1. The van der Waals surface area contributed by atoms with Crippen LogP contribution in [-0.4, -0.2) is 12.0 Å². The molecule has 0 atom stereocenters. The van der Waals surface area contributed by atoms with Crippen molar-refractivity contribution in [3.63, 3.8) is 0 Å². The lowest BCUT2D eigenvalue weighted by molar-refractivity contribution is 0.628. The molecule has 0 bridgehead atoms. The second kappa shape index (κ2) is 4.16. The van der Waals surface area contributed by atoms with Crippen molar-refractivity contribution < 1.29 is 4.39 Å². The number of aromatic nitrogens is 1. The van der Waals surface area contributed by atoms with E-state index in [0.717, 1.165) is 16.4 Å². The van der Waals surface area contributed by atoms with Crippen LogP contribution in [0.1, 0.15) is 0 Å². The van der Waals surface area contributed by atoms with Crippen molar-refractivity contribution in [2.75, 3.05) is 12.4 Å². The zero-order valence-electron chi connectivity index (χ0n) is 7.92. The molecule has 0 radical (unpaired) electrons. The van der Waals surface area contributed by atoms with E-state index in [1.165, 1.54) is 17.4 Å². The Morgan fingerprint density at radius 1 is 1.47 bits per heavy atom. The van der Waals surface area contributed by atoms with Gasteiger partial charge < -0.3 is 5.32 Å². The number of rotatable bonds is 2. The molecule has 2 aromatic rings. The highest BCUT2D eigenvalue weighted by atomic mass is 35.5. The average Bonchev–Trinajstić information content (AvgIpc) is 2.70. The molecule has 0 saturated carbocycles. The highest BCUT2D eigenvalue weighted by Crippen LogP contribution is 2.28. The molecule has 15 heavy (non-hydrogen) atoms. The van der Waals surface area contributed by atoms with Crippen molar-refractivity contribution in [3.8, 4) is 10.6 Å². The maximum Gasteiger partial charge on any atom is 0.141 e. The Bertz CT molecular complexity index is 484. The molecular weight excluding hydrogens is 235 g/mol. The van der Waals surface area contributed by atoms with Crippen LogP contribution in [0.4, 0.5) is 10.2 Å². The minimum Gasteiger partial charge on any atom is -0.372 e. The van der Waals surface area contributed by atoms with Crippen molar-refractivity contribution in [2.45, 2.75) is 0 Å². The predicted molar refractivity (Wildman–Crippen MR) is 62.1 cm³/mol. The number of anilines is 1. The van der Waals surface area contributed by atoms with Gasteiger partial charge in [-0.2, -0.15) is 0 Å². The summed E-state index contributed by atoms with van der Waals surface area (Å²) in [5, 5.41) is 5.77. The standard InChI is InChI=1S/C10H8ClFN2S/c1-13-9-5-15-10(14-9)6-2-3-8(12)7(11)4-6/h2-5,13H,1H3. The van der Waals surface area contributed by atoms with E-state index in [1.54, 1.807) is 19.2 Å². The Labute approximate surface area is 95.7 Å². The van der Waals surface area contributed by atoms with E-state index in [4.69, 9.17) is 11.6 Å². The molecule has 0 aliphatic carbocycles. The monoisotopic (exact) mass is 242 g/mol. The third kappa shape index (κ3) is 2.11. The zero-order chi connectivity index (χ0) is 10.8. The molecule has 0 saturated heterocycles. The summed E-state index contributed by atoms with van der Waals surface area (Å²) in [4.78, 5) is 4.30. The topological polar surface area (TPSA) is 24.9 Å². The summed E-state index contributed by atoms with van der Waals surface area (Å²) in [6.45, 7) is 0. The molecule has 5 heteroatoms. The summed E-state index contributed by atoms with van der Waals surface area (Å²) < 4.78 is 12.9. The van der Waals surface area contributed by atoms with Crippen LogP contribution >= 0.6 is 22.9 Å². The van der Waals surface area contributed by atoms with Crippen LogP contribution in [0.25, 0.3) is 10.6 Å². The van der Waals surface area contributed by atoms with Gasteiger partial charge in [0.2, 0.25) is 0 Å². The van der Waals surface area contributed by atoms with E-state index in [0.29, 0.717) is 0 Å². The number of hydrogen-bond donors (Lipinski definition) is 1. The lowest BCUT2D eigenvalue weighted by atomic mass is 10.2. The lowest BCUT2D eigenvalue weighted by Gasteiger charge is -1.98. The first kappa shape index (κ1) is 10.4. The molecule has 2 nitrogen and oxygen atoms in total. The van der Waals surface area contributed by atoms with Gasteiger partial charge in [0.15, 0.2) is 0 Å². The number of halogens is 2. The molecule has 1 aromatic carbocycles. The largest absolute Gasteiger partial charge is 0.372 e. The fourth-order valence-corrected chi connectivity index (χ4v) is 2.14. The number of thiazole rings is 1. The minimum atomic E-state index is -0.411. The normalized spacial score (nSPS) is 10.3. The van der Waals surface area contributed by atoms with Crippen LogP contribution in [0.2, 0.25) is 5.02 Å². The van der Waals surface area contributed by atoms with Crippen LogP contribution in [0, 0.1) is 5.82 Å². The van der Waals surface area contributed by atoms with Gasteiger partial charge in [-0.15, -0.1) is 11.3 Å². The van der Waals surface area contributed by atoms with Crippen LogP contribution < -0.4 is 5.32 Å². The van der Waals surface area contributed by atoms with Gasteiger partial charge >= 0.3 is 0 Å². The summed E-state index contributed by atoms with van der Waals surface area (Å²) in [7, 11) is 1.80. The van der Waals surface area contributed by atoms with Gasteiger partial charge in [0.05, 0.1) is 5.02 Å². The van der Waals surface area contributed by atoms with Gasteiger partial charge in [-0.3, -0.25) is 0 Å². The summed E-state index contributed by atoms with van der Waals surface area (Å²) in [6.07, 6.45) is 0. The molecule has 0 amide bonds. The smallest absolute Gasteiger partial charge is 0.141 e. The Hall–Kier alpha value is -1.13. The average molecular weight is 243 g/mol. The Balaban J connectivity index is 2.40. The Kier molecular flexibility index (Phi) is 2.88. The SMILES string of the molecule is CNc1csc(-c2ccc(F)c(Cl)c2)n1. The fourth-order valence-electron chi connectivity index (χ4n) is 1.15. The molecule has 1 aromatic heterocycles. The second-order valence-electron chi connectivity index (χ2n) is 2.92. The molecule has 1 N–H and O–H groups in total. The molecule has 0 fully saturated rings. The van der Waals surface area contributed by atoms with Crippen LogP contribution in [-0.2, 0) is 0 Å². The van der Waals surface area contributed by atoms with Crippen molar-refractivity contribution in [1.29, 1.82) is 0 Å². The highest BCUT2D eigenvalue weighted by molar-refractivity contribution is 7.13. The van der Waals surface area contributed by atoms with E-state index >= 15 is 0 Å². The van der Waals surface area contributed by atoms with Crippen molar-refractivity contribution in [3.05, 3.63) is 34.4 Å². The number of nitrogens with zero attached hydrogens (tertiary/aromatic N) is 1.